The van der Waals surface area contributed by atoms with Crippen molar-refractivity contribution in [2.24, 2.45) is 5.41 Å². The van der Waals surface area contributed by atoms with Gasteiger partial charge in [-0.15, -0.1) is 0 Å². The molecule has 0 unspecified atom stereocenters. The van der Waals surface area contributed by atoms with E-state index in [9.17, 15) is 9.59 Å². The zero-order valence-corrected chi connectivity index (χ0v) is 22.8. The Bertz CT molecular complexity index is 1820. The van der Waals surface area contributed by atoms with Crippen LogP contribution in [0.15, 0.2) is 53.5 Å². The second-order valence-electron chi connectivity index (χ2n) is 11.7. The van der Waals surface area contributed by atoms with Crippen molar-refractivity contribution in [1.29, 1.82) is 0 Å². The molecule has 41 heavy (non-hydrogen) atoms. The lowest BCUT2D eigenvalue weighted by Crippen LogP contribution is -2.43. The van der Waals surface area contributed by atoms with Crippen molar-refractivity contribution in [3.05, 3.63) is 70.2 Å². The minimum atomic E-state index is -0.199. The first-order chi connectivity index (χ1) is 20.0. The van der Waals surface area contributed by atoms with Gasteiger partial charge in [0.2, 0.25) is 5.95 Å². The van der Waals surface area contributed by atoms with E-state index in [1.54, 1.807) is 26.5 Å². The number of hydrogen-bond acceptors (Lipinski definition) is 8. The number of rotatable bonds is 2. The maximum Gasteiger partial charge on any atom is 0.278 e. The SMILES string of the molecule is CN1CCc2ccc(Nc3ncc4c(=O)n5n(c4n3)-c3ccc4c(n3)N(CC3(CC=CC5)CC3)C(=O)CO4)cc2C1. The van der Waals surface area contributed by atoms with Crippen LogP contribution in [0.25, 0.3) is 16.9 Å². The molecule has 0 saturated heterocycles. The number of allylic oxidation sites excluding steroid dienone is 2. The first-order valence-electron chi connectivity index (χ1n) is 14.1. The smallest absolute Gasteiger partial charge is 0.278 e. The molecule has 8 rings (SSSR count). The Morgan fingerprint density at radius 2 is 1.95 bits per heavy atom. The molecule has 0 atom stereocenters. The number of carbonyl (C=O) groups is 1. The summed E-state index contributed by atoms with van der Waals surface area (Å²) < 4.78 is 9.09. The summed E-state index contributed by atoms with van der Waals surface area (Å²) in [4.78, 5) is 44.9. The summed E-state index contributed by atoms with van der Waals surface area (Å²) in [6.45, 7) is 2.92. The van der Waals surface area contributed by atoms with Crippen molar-refractivity contribution in [2.75, 3.05) is 37.0 Å². The Hall–Kier alpha value is -4.51. The maximum absolute atomic E-state index is 13.6. The number of pyridine rings is 1. The summed E-state index contributed by atoms with van der Waals surface area (Å²) in [5.74, 6) is 1.82. The van der Waals surface area contributed by atoms with Gasteiger partial charge in [0.1, 0.15) is 5.39 Å². The lowest BCUT2D eigenvalue weighted by Gasteiger charge is -2.31. The number of ether oxygens (including phenoxy) is 1. The van der Waals surface area contributed by atoms with Crippen molar-refractivity contribution in [3.8, 4) is 11.6 Å². The van der Waals surface area contributed by atoms with E-state index >= 15 is 0 Å². The highest BCUT2D eigenvalue weighted by atomic mass is 16.5. The van der Waals surface area contributed by atoms with Crippen LogP contribution in [0.2, 0.25) is 0 Å². The van der Waals surface area contributed by atoms with Gasteiger partial charge in [-0.1, -0.05) is 18.2 Å². The van der Waals surface area contributed by atoms with Crippen LogP contribution in [0.5, 0.6) is 5.75 Å². The second kappa shape index (κ2) is 9.00. The van der Waals surface area contributed by atoms with E-state index < -0.39 is 0 Å². The number of nitrogens with one attached hydrogen (secondary N) is 1. The second-order valence-corrected chi connectivity index (χ2v) is 11.7. The zero-order valence-electron chi connectivity index (χ0n) is 22.8. The molecule has 1 N–H and O–H groups in total. The van der Waals surface area contributed by atoms with Crippen molar-refractivity contribution in [3.63, 3.8) is 0 Å². The van der Waals surface area contributed by atoms with Crippen LogP contribution in [0.1, 0.15) is 30.4 Å². The van der Waals surface area contributed by atoms with Gasteiger partial charge in [-0.3, -0.25) is 14.5 Å². The summed E-state index contributed by atoms with van der Waals surface area (Å²) in [6.07, 6.45) is 9.71. The molecule has 1 fully saturated rings. The molecule has 0 radical (unpaired) electrons. The molecule has 208 valence electrons. The van der Waals surface area contributed by atoms with Crippen molar-refractivity contribution < 1.29 is 9.53 Å². The predicted molar refractivity (Wildman–Crippen MR) is 154 cm³/mol. The van der Waals surface area contributed by atoms with Gasteiger partial charge >= 0.3 is 0 Å². The Morgan fingerprint density at radius 1 is 1.05 bits per heavy atom. The van der Waals surface area contributed by atoms with Gasteiger partial charge in [0.15, 0.2) is 29.6 Å². The zero-order chi connectivity index (χ0) is 27.7. The van der Waals surface area contributed by atoms with E-state index in [2.05, 4.69) is 40.5 Å². The molecule has 3 aromatic heterocycles. The van der Waals surface area contributed by atoms with Crippen LogP contribution in [0.3, 0.4) is 0 Å². The number of aromatic nitrogens is 5. The number of likely N-dealkylation sites (N-methyl/N-ethyl adjacent to an activating group) is 1. The van der Waals surface area contributed by atoms with E-state index in [-0.39, 0.29) is 23.5 Å². The van der Waals surface area contributed by atoms with E-state index in [0.29, 0.717) is 47.5 Å². The number of amides is 1. The first kappa shape index (κ1) is 24.3. The Balaban J connectivity index is 1.25. The van der Waals surface area contributed by atoms with E-state index in [1.165, 1.54) is 11.1 Å². The highest BCUT2D eigenvalue weighted by Crippen LogP contribution is 2.51. The van der Waals surface area contributed by atoms with Gasteiger partial charge in [-0.2, -0.15) is 4.98 Å². The summed E-state index contributed by atoms with van der Waals surface area (Å²) in [6, 6.07) is 9.97. The Labute approximate surface area is 236 Å². The molecule has 4 aliphatic rings. The molecule has 2 bridgehead atoms. The maximum atomic E-state index is 13.6. The summed E-state index contributed by atoms with van der Waals surface area (Å²) in [5, 5.41) is 3.73. The molecule has 11 nitrogen and oxygen atoms in total. The van der Waals surface area contributed by atoms with E-state index in [4.69, 9.17) is 14.7 Å². The molecule has 1 saturated carbocycles. The molecular formula is C30H30N8O3. The van der Waals surface area contributed by atoms with Gasteiger partial charge in [-0.05, 0) is 73.5 Å². The number of anilines is 3. The van der Waals surface area contributed by atoms with Crippen LogP contribution in [-0.4, -0.2) is 61.9 Å². The third-order valence-corrected chi connectivity index (χ3v) is 8.74. The fourth-order valence-corrected chi connectivity index (χ4v) is 6.19. The first-order valence-corrected chi connectivity index (χ1v) is 14.1. The standard InChI is InChI=1S/C30H30N8O3/c1-35-13-8-19-4-5-21(14-20(19)16-35)32-29-31-15-22-26(34-29)38-24-7-6-23-27(33-24)36(25(39)17-41-23)18-30(10-11-30)9-2-3-12-37(38)28(22)40/h2-7,14-15H,8-13,16-18H2,1H3,(H,31,32,34). The van der Waals surface area contributed by atoms with Crippen LogP contribution < -0.4 is 20.5 Å². The summed E-state index contributed by atoms with van der Waals surface area (Å²) in [7, 11) is 2.13. The molecule has 11 heteroatoms. The van der Waals surface area contributed by atoms with Crippen LogP contribution in [0, 0.1) is 5.41 Å². The van der Waals surface area contributed by atoms with E-state index in [1.807, 2.05) is 18.2 Å². The number of nitrogens with zero attached hydrogens (tertiary/aromatic N) is 7. The van der Waals surface area contributed by atoms with Gasteiger partial charge in [0.05, 0.1) is 6.54 Å². The molecule has 1 aliphatic carbocycles. The van der Waals surface area contributed by atoms with Crippen LogP contribution >= 0.6 is 0 Å². The lowest BCUT2D eigenvalue weighted by atomic mass is 9.99. The highest BCUT2D eigenvalue weighted by molar-refractivity contribution is 5.97. The average Bonchev–Trinajstić information content (AvgIpc) is 3.68. The quantitative estimate of drug-likeness (QED) is 0.379. The normalized spacial score (nSPS) is 19.2. The fraction of sp³-hybridized carbons (Fsp3) is 0.367. The van der Waals surface area contributed by atoms with Gasteiger partial charge in [-0.25, -0.2) is 19.3 Å². The molecule has 4 aromatic rings. The molecule has 1 aromatic carbocycles. The topological polar surface area (TPSA) is 110 Å². The van der Waals surface area contributed by atoms with Gasteiger partial charge < -0.3 is 15.0 Å². The summed E-state index contributed by atoms with van der Waals surface area (Å²) >= 11 is 0. The third-order valence-electron chi connectivity index (χ3n) is 8.74. The molecular weight excluding hydrogens is 520 g/mol. The van der Waals surface area contributed by atoms with Crippen molar-refractivity contribution >= 4 is 34.4 Å². The fourth-order valence-electron chi connectivity index (χ4n) is 6.19. The van der Waals surface area contributed by atoms with Gasteiger partial charge in [0, 0.05) is 31.5 Å². The monoisotopic (exact) mass is 550 g/mol. The average molecular weight is 551 g/mol. The number of fused-ring (bicyclic) bond motifs is 6. The Morgan fingerprint density at radius 3 is 2.83 bits per heavy atom. The molecule has 3 aliphatic heterocycles. The molecule has 6 heterocycles. The predicted octanol–water partition coefficient (Wildman–Crippen LogP) is 3.17. The van der Waals surface area contributed by atoms with Crippen molar-refractivity contribution in [2.45, 2.75) is 38.8 Å². The summed E-state index contributed by atoms with van der Waals surface area (Å²) in [5.41, 5.74) is 3.83. The van der Waals surface area contributed by atoms with E-state index in [0.717, 1.165) is 44.5 Å². The lowest BCUT2D eigenvalue weighted by molar-refractivity contribution is -0.121. The highest BCUT2D eigenvalue weighted by Gasteiger charge is 2.45. The number of hydrogen-bond donors (Lipinski definition) is 1. The van der Waals surface area contributed by atoms with Crippen LogP contribution in [0.4, 0.5) is 17.5 Å². The molecule has 1 spiro atoms. The van der Waals surface area contributed by atoms with Crippen LogP contribution in [-0.2, 0) is 24.3 Å². The largest absolute Gasteiger partial charge is 0.480 e. The minimum Gasteiger partial charge on any atom is -0.480 e. The Kier molecular flexibility index (Phi) is 5.33. The minimum absolute atomic E-state index is 0.00165. The number of carbonyl (C=O) groups excluding carboxylic acids is 1. The number of benzene rings is 1. The van der Waals surface area contributed by atoms with Gasteiger partial charge in [0.25, 0.3) is 11.5 Å². The third kappa shape index (κ3) is 4.10. The van der Waals surface area contributed by atoms with Crippen molar-refractivity contribution in [1.82, 2.24) is 29.2 Å². The molecule has 1 amide bonds.